The fraction of sp³-hybridized carbons (Fsp3) is 0. The van der Waals surface area contributed by atoms with Crippen molar-refractivity contribution in [1.82, 2.24) is 0 Å². The second-order valence-corrected chi connectivity index (χ2v) is 6.50. The van der Waals surface area contributed by atoms with Gasteiger partial charge in [-0.25, -0.2) is 4.79 Å². The van der Waals surface area contributed by atoms with Gasteiger partial charge in [0.25, 0.3) is 0 Å². The molecule has 7 heteroatoms. The molecular formula is C14H10BrNO4S. The Kier molecular flexibility index (Phi) is 4.77. The number of anilines is 1. The normalized spacial score (nSPS) is 10.7. The van der Waals surface area contributed by atoms with E-state index < -0.39 is 11.9 Å². The zero-order valence-electron chi connectivity index (χ0n) is 10.5. The summed E-state index contributed by atoms with van der Waals surface area (Å²) in [6.07, 6.45) is 2.98. The van der Waals surface area contributed by atoms with Gasteiger partial charge in [0.1, 0.15) is 5.75 Å². The molecule has 0 saturated carbocycles. The molecular weight excluding hydrogens is 358 g/mol. The van der Waals surface area contributed by atoms with Crippen molar-refractivity contribution < 1.29 is 19.8 Å². The fourth-order valence-corrected chi connectivity index (χ4v) is 2.85. The molecule has 2 rings (SSSR count). The van der Waals surface area contributed by atoms with E-state index in [1.165, 1.54) is 29.5 Å². The van der Waals surface area contributed by atoms with Crippen molar-refractivity contribution >= 4 is 50.9 Å². The topological polar surface area (TPSA) is 86.6 Å². The first-order valence-corrected chi connectivity index (χ1v) is 7.37. The average molecular weight is 368 g/mol. The summed E-state index contributed by atoms with van der Waals surface area (Å²) >= 11 is 4.80. The van der Waals surface area contributed by atoms with Gasteiger partial charge in [0.05, 0.1) is 15.0 Å². The number of phenols is 1. The van der Waals surface area contributed by atoms with Crippen molar-refractivity contribution in [3.63, 3.8) is 0 Å². The number of benzene rings is 1. The van der Waals surface area contributed by atoms with Crippen LogP contribution in [0.4, 0.5) is 5.69 Å². The van der Waals surface area contributed by atoms with Crippen LogP contribution in [-0.4, -0.2) is 22.1 Å². The highest BCUT2D eigenvalue weighted by atomic mass is 79.9. The van der Waals surface area contributed by atoms with E-state index in [2.05, 4.69) is 21.2 Å². The third-order valence-electron chi connectivity index (χ3n) is 2.50. The highest BCUT2D eigenvalue weighted by molar-refractivity contribution is 9.11. The van der Waals surface area contributed by atoms with E-state index in [-0.39, 0.29) is 17.0 Å². The number of carbonyl (C=O) groups is 2. The number of halogens is 1. The van der Waals surface area contributed by atoms with Crippen LogP contribution in [0.15, 0.2) is 40.2 Å². The van der Waals surface area contributed by atoms with Crippen LogP contribution in [0, 0.1) is 0 Å². The Morgan fingerprint density at radius 1 is 1.24 bits per heavy atom. The summed E-state index contributed by atoms with van der Waals surface area (Å²) in [6.45, 7) is 0. The van der Waals surface area contributed by atoms with Gasteiger partial charge in [-0.15, -0.1) is 11.3 Å². The van der Waals surface area contributed by atoms with Crippen molar-refractivity contribution in [3.05, 3.63) is 50.6 Å². The maximum absolute atomic E-state index is 11.7. The summed E-state index contributed by atoms with van der Waals surface area (Å²) in [6, 6.07) is 7.46. The molecule has 0 saturated heterocycles. The second kappa shape index (κ2) is 6.55. The van der Waals surface area contributed by atoms with Crippen LogP contribution < -0.4 is 5.32 Å². The van der Waals surface area contributed by atoms with Gasteiger partial charge in [0.15, 0.2) is 0 Å². The Labute approximate surface area is 132 Å². The van der Waals surface area contributed by atoms with E-state index in [9.17, 15) is 14.7 Å². The number of amides is 1. The SMILES string of the molecule is O=C(/C=C/c1ccc(Br)s1)Nc1ccc(C(=O)O)cc1O. The summed E-state index contributed by atoms with van der Waals surface area (Å²) in [5.41, 5.74) is 0.103. The van der Waals surface area contributed by atoms with Gasteiger partial charge >= 0.3 is 5.97 Å². The number of nitrogens with one attached hydrogen (secondary N) is 1. The van der Waals surface area contributed by atoms with Crippen LogP contribution in [0.25, 0.3) is 6.08 Å². The first-order valence-electron chi connectivity index (χ1n) is 5.76. The van der Waals surface area contributed by atoms with E-state index in [1.54, 1.807) is 6.08 Å². The number of carbonyl (C=O) groups excluding carboxylic acids is 1. The standard InChI is InChI=1S/C14H10BrNO4S/c15-12-5-2-9(21-12)3-6-13(18)16-10-4-1-8(14(19)20)7-11(10)17/h1-7,17H,(H,16,18)(H,19,20)/b6-3+. The van der Waals surface area contributed by atoms with E-state index >= 15 is 0 Å². The number of thiophene rings is 1. The van der Waals surface area contributed by atoms with Crippen molar-refractivity contribution in [2.45, 2.75) is 0 Å². The third kappa shape index (κ3) is 4.17. The molecule has 0 atom stereocenters. The van der Waals surface area contributed by atoms with Crippen molar-refractivity contribution in [2.75, 3.05) is 5.32 Å². The van der Waals surface area contributed by atoms with Crippen LogP contribution in [-0.2, 0) is 4.79 Å². The Balaban J connectivity index is 2.06. The molecule has 0 spiro atoms. The molecule has 1 aromatic heterocycles. The number of hydrogen-bond acceptors (Lipinski definition) is 4. The Morgan fingerprint density at radius 3 is 2.57 bits per heavy atom. The summed E-state index contributed by atoms with van der Waals surface area (Å²) in [7, 11) is 0. The Morgan fingerprint density at radius 2 is 2.00 bits per heavy atom. The van der Waals surface area contributed by atoms with Crippen molar-refractivity contribution in [1.29, 1.82) is 0 Å². The van der Waals surface area contributed by atoms with Crippen molar-refractivity contribution in [2.24, 2.45) is 0 Å². The summed E-state index contributed by atoms with van der Waals surface area (Å²) < 4.78 is 0.962. The quantitative estimate of drug-likeness (QED) is 0.569. The molecule has 0 unspecified atom stereocenters. The molecule has 5 nitrogen and oxygen atoms in total. The Hall–Kier alpha value is -2.12. The number of carboxylic acids is 1. The molecule has 108 valence electrons. The number of phenolic OH excluding ortho intramolecular Hbond substituents is 1. The average Bonchev–Trinajstić information content (AvgIpc) is 2.84. The lowest BCUT2D eigenvalue weighted by Gasteiger charge is -2.05. The van der Waals surface area contributed by atoms with E-state index in [4.69, 9.17) is 5.11 Å². The molecule has 1 amide bonds. The number of hydrogen-bond donors (Lipinski definition) is 3. The van der Waals surface area contributed by atoms with Gasteiger partial charge in [-0.1, -0.05) is 0 Å². The molecule has 1 heterocycles. The molecule has 0 aliphatic rings. The molecule has 2 aromatic rings. The minimum Gasteiger partial charge on any atom is -0.506 e. The lowest BCUT2D eigenvalue weighted by Crippen LogP contribution is -2.08. The Bertz CT molecular complexity index is 724. The fourth-order valence-electron chi connectivity index (χ4n) is 1.52. The van der Waals surface area contributed by atoms with E-state index in [0.717, 1.165) is 14.7 Å². The van der Waals surface area contributed by atoms with Crippen LogP contribution in [0.5, 0.6) is 5.75 Å². The van der Waals surface area contributed by atoms with Crippen LogP contribution in [0.2, 0.25) is 0 Å². The summed E-state index contributed by atoms with van der Waals surface area (Å²) in [5.74, 6) is -1.86. The molecule has 0 bridgehead atoms. The first-order chi connectivity index (χ1) is 9.95. The number of aromatic carboxylic acids is 1. The highest BCUT2D eigenvalue weighted by Crippen LogP contribution is 2.25. The van der Waals surface area contributed by atoms with E-state index in [0.29, 0.717) is 0 Å². The highest BCUT2D eigenvalue weighted by Gasteiger charge is 2.09. The molecule has 1 aromatic carbocycles. The van der Waals surface area contributed by atoms with Gasteiger partial charge in [-0.05, 0) is 52.3 Å². The van der Waals surface area contributed by atoms with Crippen LogP contribution in [0.1, 0.15) is 15.2 Å². The minimum absolute atomic E-state index is 0.0514. The smallest absolute Gasteiger partial charge is 0.335 e. The third-order valence-corrected chi connectivity index (χ3v) is 4.08. The lowest BCUT2D eigenvalue weighted by molar-refractivity contribution is -0.111. The molecule has 3 N–H and O–H groups in total. The zero-order valence-corrected chi connectivity index (χ0v) is 12.9. The van der Waals surface area contributed by atoms with Gasteiger partial charge in [-0.3, -0.25) is 4.79 Å². The largest absolute Gasteiger partial charge is 0.506 e. The van der Waals surface area contributed by atoms with Crippen LogP contribution in [0.3, 0.4) is 0 Å². The predicted molar refractivity (Wildman–Crippen MR) is 84.7 cm³/mol. The summed E-state index contributed by atoms with van der Waals surface area (Å²) in [5, 5.41) is 20.9. The number of rotatable bonds is 4. The van der Waals surface area contributed by atoms with Gasteiger partial charge in [0.2, 0.25) is 5.91 Å². The predicted octanol–water partition coefficient (Wildman–Crippen LogP) is 3.57. The van der Waals surface area contributed by atoms with Crippen LogP contribution >= 0.6 is 27.3 Å². The van der Waals surface area contributed by atoms with E-state index in [1.807, 2.05) is 12.1 Å². The minimum atomic E-state index is -1.15. The lowest BCUT2D eigenvalue weighted by atomic mass is 10.2. The molecule has 0 fully saturated rings. The number of aromatic hydroxyl groups is 1. The summed E-state index contributed by atoms with van der Waals surface area (Å²) in [4.78, 5) is 23.4. The molecule has 0 aliphatic heterocycles. The molecule has 21 heavy (non-hydrogen) atoms. The van der Waals surface area contributed by atoms with Crippen molar-refractivity contribution in [3.8, 4) is 5.75 Å². The molecule has 0 aliphatic carbocycles. The maximum Gasteiger partial charge on any atom is 0.335 e. The second-order valence-electron chi connectivity index (χ2n) is 4.00. The van der Waals surface area contributed by atoms with Gasteiger partial charge in [-0.2, -0.15) is 0 Å². The monoisotopic (exact) mass is 367 g/mol. The molecule has 0 radical (unpaired) electrons. The van der Waals surface area contributed by atoms with Gasteiger partial charge < -0.3 is 15.5 Å². The first kappa shape index (κ1) is 15.3. The zero-order chi connectivity index (χ0) is 15.4. The van der Waals surface area contributed by atoms with Gasteiger partial charge in [0, 0.05) is 11.0 Å². The maximum atomic E-state index is 11.7. The number of carboxylic acid groups (broad SMARTS) is 1.